The lowest BCUT2D eigenvalue weighted by Crippen LogP contribution is -2.34. The number of ketones is 1. The summed E-state index contributed by atoms with van der Waals surface area (Å²) in [5.74, 6) is 0.178. The Hall–Kier alpha value is -1.15. The molecule has 2 nitrogen and oxygen atoms in total. The molecular formula is C14H21NO. The molecule has 16 heavy (non-hydrogen) atoms. The molecule has 0 aliphatic heterocycles. The summed E-state index contributed by atoms with van der Waals surface area (Å²) < 4.78 is 0. The zero-order chi connectivity index (χ0) is 11.8. The van der Waals surface area contributed by atoms with E-state index >= 15 is 0 Å². The van der Waals surface area contributed by atoms with Crippen molar-refractivity contribution in [3.8, 4) is 0 Å². The Kier molecular flexibility index (Phi) is 5.79. The number of hydrogen-bond donors (Lipinski definition) is 1. The standard InChI is InChI=1S/C14H21NO/c1-3-4-8-11-15-12(2)14(16)13-9-6-5-7-10-13/h5-7,9-10,12,15H,3-4,8,11H2,1-2H3. The average Bonchev–Trinajstić information content (AvgIpc) is 2.34. The first-order chi connectivity index (χ1) is 7.75. The van der Waals surface area contributed by atoms with Crippen molar-refractivity contribution in [3.05, 3.63) is 35.9 Å². The van der Waals surface area contributed by atoms with Gasteiger partial charge in [-0.15, -0.1) is 0 Å². The number of nitrogens with one attached hydrogen (secondary N) is 1. The van der Waals surface area contributed by atoms with Crippen LogP contribution in [0.5, 0.6) is 0 Å². The van der Waals surface area contributed by atoms with Crippen molar-refractivity contribution in [2.75, 3.05) is 6.54 Å². The minimum Gasteiger partial charge on any atom is -0.307 e. The van der Waals surface area contributed by atoms with E-state index < -0.39 is 0 Å². The van der Waals surface area contributed by atoms with Crippen LogP contribution in [-0.2, 0) is 0 Å². The van der Waals surface area contributed by atoms with Crippen LogP contribution in [0.3, 0.4) is 0 Å². The van der Waals surface area contributed by atoms with E-state index in [0.717, 1.165) is 18.5 Å². The number of unbranched alkanes of at least 4 members (excludes halogenated alkanes) is 2. The van der Waals surface area contributed by atoms with Crippen molar-refractivity contribution in [2.24, 2.45) is 0 Å². The van der Waals surface area contributed by atoms with Gasteiger partial charge in [-0.1, -0.05) is 50.1 Å². The number of hydrogen-bond acceptors (Lipinski definition) is 2. The van der Waals surface area contributed by atoms with Gasteiger partial charge in [0.2, 0.25) is 0 Å². The number of carbonyl (C=O) groups excluding carboxylic acids is 1. The molecule has 1 aromatic carbocycles. The summed E-state index contributed by atoms with van der Waals surface area (Å²) in [4.78, 5) is 11.9. The molecular weight excluding hydrogens is 198 g/mol. The van der Waals surface area contributed by atoms with Gasteiger partial charge in [0.25, 0.3) is 0 Å². The summed E-state index contributed by atoms with van der Waals surface area (Å²) in [6.45, 7) is 5.04. The number of Topliss-reactive ketones (excluding diaryl/α,β-unsaturated/α-hetero) is 1. The zero-order valence-electron chi connectivity index (χ0n) is 10.2. The molecule has 0 fully saturated rings. The maximum atomic E-state index is 11.9. The molecule has 0 aliphatic rings. The third-order valence-corrected chi connectivity index (χ3v) is 2.68. The predicted molar refractivity (Wildman–Crippen MR) is 67.8 cm³/mol. The molecule has 0 radical (unpaired) electrons. The summed E-state index contributed by atoms with van der Waals surface area (Å²) in [5.41, 5.74) is 0.790. The van der Waals surface area contributed by atoms with E-state index in [1.54, 1.807) is 0 Å². The molecule has 1 N–H and O–H groups in total. The summed E-state index contributed by atoms with van der Waals surface area (Å²) in [6.07, 6.45) is 3.57. The molecule has 2 heteroatoms. The lowest BCUT2D eigenvalue weighted by Gasteiger charge is -2.12. The quantitative estimate of drug-likeness (QED) is 0.564. The van der Waals surface area contributed by atoms with Gasteiger partial charge in [0.05, 0.1) is 6.04 Å². The van der Waals surface area contributed by atoms with Gasteiger partial charge in [-0.3, -0.25) is 4.79 Å². The van der Waals surface area contributed by atoms with Crippen LogP contribution in [0, 0.1) is 0 Å². The normalized spacial score (nSPS) is 12.4. The van der Waals surface area contributed by atoms with E-state index in [9.17, 15) is 4.79 Å². The second-order valence-electron chi connectivity index (χ2n) is 4.11. The highest BCUT2D eigenvalue weighted by Crippen LogP contribution is 2.03. The van der Waals surface area contributed by atoms with Crippen LogP contribution in [0.15, 0.2) is 30.3 Å². The molecule has 0 aliphatic carbocycles. The number of rotatable bonds is 7. The van der Waals surface area contributed by atoms with Crippen LogP contribution in [0.1, 0.15) is 43.5 Å². The fourth-order valence-electron chi connectivity index (χ4n) is 1.64. The molecule has 0 heterocycles. The largest absolute Gasteiger partial charge is 0.307 e. The first-order valence-electron chi connectivity index (χ1n) is 6.08. The van der Waals surface area contributed by atoms with Crippen LogP contribution in [0.4, 0.5) is 0 Å². The Morgan fingerprint density at radius 3 is 2.56 bits per heavy atom. The van der Waals surface area contributed by atoms with Crippen molar-refractivity contribution in [1.29, 1.82) is 0 Å². The minimum atomic E-state index is -0.0840. The SMILES string of the molecule is CCCCCNC(C)C(=O)c1ccccc1. The highest BCUT2D eigenvalue weighted by Gasteiger charge is 2.13. The Balaban J connectivity index is 2.37. The third-order valence-electron chi connectivity index (χ3n) is 2.68. The van der Waals surface area contributed by atoms with Gasteiger partial charge >= 0.3 is 0 Å². The summed E-state index contributed by atoms with van der Waals surface area (Å²) in [7, 11) is 0. The summed E-state index contributed by atoms with van der Waals surface area (Å²) in [5, 5.41) is 3.27. The van der Waals surface area contributed by atoms with Crippen molar-refractivity contribution in [1.82, 2.24) is 5.32 Å². The van der Waals surface area contributed by atoms with Crippen molar-refractivity contribution in [2.45, 2.75) is 39.2 Å². The maximum absolute atomic E-state index is 11.9. The van der Waals surface area contributed by atoms with E-state index in [4.69, 9.17) is 0 Å². The molecule has 0 spiro atoms. The Bertz CT molecular complexity index is 308. The van der Waals surface area contributed by atoms with Crippen molar-refractivity contribution < 1.29 is 4.79 Å². The van der Waals surface area contributed by atoms with Crippen molar-refractivity contribution in [3.63, 3.8) is 0 Å². The van der Waals surface area contributed by atoms with Crippen LogP contribution in [-0.4, -0.2) is 18.4 Å². The van der Waals surface area contributed by atoms with Gasteiger partial charge in [-0.2, -0.15) is 0 Å². The van der Waals surface area contributed by atoms with Crippen LogP contribution in [0.25, 0.3) is 0 Å². The average molecular weight is 219 g/mol. The van der Waals surface area contributed by atoms with Gasteiger partial charge in [-0.25, -0.2) is 0 Å². The van der Waals surface area contributed by atoms with E-state index in [1.807, 2.05) is 37.3 Å². The number of carbonyl (C=O) groups is 1. The van der Waals surface area contributed by atoms with E-state index in [-0.39, 0.29) is 11.8 Å². The van der Waals surface area contributed by atoms with Gasteiger partial charge in [0.1, 0.15) is 0 Å². The van der Waals surface area contributed by atoms with Gasteiger partial charge in [0.15, 0.2) is 5.78 Å². The molecule has 0 bridgehead atoms. The second kappa shape index (κ2) is 7.18. The molecule has 0 saturated heterocycles. The first-order valence-corrected chi connectivity index (χ1v) is 6.08. The van der Waals surface area contributed by atoms with Crippen molar-refractivity contribution >= 4 is 5.78 Å². The zero-order valence-corrected chi connectivity index (χ0v) is 10.2. The molecule has 88 valence electrons. The van der Waals surface area contributed by atoms with Crippen LogP contribution < -0.4 is 5.32 Å². The smallest absolute Gasteiger partial charge is 0.179 e. The van der Waals surface area contributed by atoms with Gasteiger partial charge in [-0.05, 0) is 19.9 Å². The Morgan fingerprint density at radius 1 is 1.25 bits per heavy atom. The Labute approximate surface area is 98.1 Å². The highest BCUT2D eigenvalue weighted by molar-refractivity contribution is 5.99. The van der Waals surface area contributed by atoms with Gasteiger partial charge < -0.3 is 5.32 Å². The topological polar surface area (TPSA) is 29.1 Å². The minimum absolute atomic E-state index is 0.0840. The van der Waals surface area contributed by atoms with E-state index in [0.29, 0.717) is 0 Å². The highest BCUT2D eigenvalue weighted by atomic mass is 16.1. The molecule has 0 saturated carbocycles. The molecule has 1 atom stereocenters. The fraction of sp³-hybridized carbons (Fsp3) is 0.500. The Morgan fingerprint density at radius 2 is 1.94 bits per heavy atom. The third kappa shape index (κ3) is 4.15. The summed E-state index contributed by atoms with van der Waals surface area (Å²) in [6, 6.07) is 9.38. The van der Waals surface area contributed by atoms with E-state index in [2.05, 4.69) is 12.2 Å². The predicted octanol–water partition coefficient (Wildman–Crippen LogP) is 3.04. The maximum Gasteiger partial charge on any atom is 0.179 e. The first kappa shape index (κ1) is 12.9. The summed E-state index contributed by atoms with van der Waals surface area (Å²) >= 11 is 0. The molecule has 1 aromatic rings. The van der Waals surface area contributed by atoms with Crippen LogP contribution >= 0.6 is 0 Å². The molecule has 1 rings (SSSR count). The van der Waals surface area contributed by atoms with Gasteiger partial charge in [0, 0.05) is 5.56 Å². The fourth-order valence-corrected chi connectivity index (χ4v) is 1.64. The lowest BCUT2D eigenvalue weighted by atomic mass is 10.1. The van der Waals surface area contributed by atoms with E-state index in [1.165, 1.54) is 12.8 Å². The lowest BCUT2D eigenvalue weighted by molar-refractivity contribution is 0.0951. The molecule has 1 unspecified atom stereocenters. The number of benzene rings is 1. The monoisotopic (exact) mass is 219 g/mol. The molecule has 0 amide bonds. The van der Waals surface area contributed by atoms with Crippen LogP contribution in [0.2, 0.25) is 0 Å². The molecule has 0 aromatic heterocycles. The second-order valence-corrected chi connectivity index (χ2v) is 4.11.